The van der Waals surface area contributed by atoms with Crippen LogP contribution >= 0.6 is 11.3 Å². The largest absolute Gasteiger partial charge is 0.346 e. The highest BCUT2D eigenvalue weighted by molar-refractivity contribution is 7.07. The summed E-state index contributed by atoms with van der Waals surface area (Å²) >= 11 is 1.48. The molecule has 1 aromatic carbocycles. The molecule has 0 aliphatic rings. The van der Waals surface area contributed by atoms with E-state index in [0.29, 0.717) is 22.6 Å². The van der Waals surface area contributed by atoms with Gasteiger partial charge < -0.3 is 9.55 Å². The lowest BCUT2D eigenvalue weighted by Crippen LogP contribution is -2.19. The minimum absolute atomic E-state index is 0.254. The zero-order chi connectivity index (χ0) is 17.2. The molecule has 5 nitrogen and oxygen atoms in total. The number of fused-ring (bicyclic) bond motifs is 1. The second kappa shape index (κ2) is 6.49. The molecule has 0 aliphatic heterocycles. The Morgan fingerprint density at radius 3 is 2.92 bits per heavy atom. The number of pyridine rings is 1. The number of thiazole rings is 1. The molecule has 25 heavy (non-hydrogen) atoms. The molecule has 1 amide bonds. The van der Waals surface area contributed by atoms with Crippen molar-refractivity contribution in [3.8, 4) is 0 Å². The zero-order valence-corrected chi connectivity index (χ0v) is 14.5. The van der Waals surface area contributed by atoms with Gasteiger partial charge in [0.2, 0.25) is 0 Å². The lowest BCUT2D eigenvalue weighted by molar-refractivity contribution is 0.0999. The quantitative estimate of drug-likeness (QED) is 0.616. The zero-order valence-electron chi connectivity index (χ0n) is 13.6. The highest BCUT2D eigenvalue weighted by Crippen LogP contribution is 2.16. The molecule has 0 fully saturated rings. The molecule has 0 unspecified atom stereocenters. The van der Waals surface area contributed by atoms with E-state index >= 15 is 0 Å². The van der Waals surface area contributed by atoms with Gasteiger partial charge in [0.15, 0.2) is 4.80 Å². The average molecular weight is 348 g/mol. The van der Waals surface area contributed by atoms with Crippen molar-refractivity contribution >= 4 is 28.3 Å². The first kappa shape index (κ1) is 15.5. The Kier molecular flexibility index (Phi) is 4.03. The predicted molar refractivity (Wildman–Crippen MR) is 98.6 cm³/mol. The van der Waals surface area contributed by atoms with Gasteiger partial charge in [-0.05, 0) is 24.6 Å². The van der Waals surface area contributed by atoms with Gasteiger partial charge in [-0.2, -0.15) is 4.99 Å². The molecule has 4 rings (SSSR count). The highest BCUT2D eigenvalue weighted by Gasteiger charge is 2.11. The molecular formula is C19H16N4OS. The second-order valence-corrected chi connectivity index (χ2v) is 6.58. The number of carbonyl (C=O) groups excluding carboxylic acids is 1. The topological polar surface area (TPSA) is 63.0 Å². The van der Waals surface area contributed by atoms with Crippen LogP contribution in [0, 0.1) is 6.92 Å². The van der Waals surface area contributed by atoms with Gasteiger partial charge in [0.05, 0.1) is 12.1 Å². The van der Waals surface area contributed by atoms with Gasteiger partial charge in [-0.3, -0.25) is 4.79 Å². The molecule has 0 spiro atoms. The van der Waals surface area contributed by atoms with E-state index in [2.05, 4.69) is 31.7 Å². The summed E-state index contributed by atoms with van der Waals surface area (Å²) in [5.41, 5.74) is 3.51. The molecule has 3 aromatic heterocycles. The lowest BCUT2D eigenvalue weighted by atomic mass is 10.2. The van der Waals surface area contributed by atoms with Crippen molar-refractivity contribution in [3.63, 3.8) is 0 Å². The maximum absolute atomic E-state index is 12.7. The summed E-state index contributed by atoms with van der Waals surface area (Å²) in [5, 5.41) is 2.81. The van der Waals surface area contributed by atoms with E-state index in [0.717, 1.165) is 11.1 Å². The van der Waals surface area contributed by atoms with Crippen molar-refractivity contribution < 1.29 is 4.79 Å². The number of nitrogens with one attached hydrogen (secondary N) is 1. The number of amides is 1. The van der Waals surface area contributed by atoms with Gasteiger partial charge in [0.1, 0.15) is 5.65 Å². The first-order chi connectivity index (χ1) is 12.2. The molecule has 3 heterocycles. The van der Waals surface area contributed by atoms with Crippen molar-refractivity contribution in [2.45, 2.75) is 13.5 Å². The molecule has 0 bridgehead atoms. The van der Waals surface area contributed by atoms with Crippen LogP contribution in [0.4, 0.5) is 0 Å². The van der Waals surface area contributed by atoms with Crippen LogP contribution < -0.4 is 4.80 Å². The fourth-order valence-corrected chi connectivity index (χ4v) is 3.63. The Labute approximate surface area is 148 Å². The fraction of sp³-hybridized carbons (Fsp3) is 0.105. The SMILES string of the molecule is Cc1cs/c(=N\C(=O)c2ccnc3[nH]ccc23)n1Cc1ccccc1. The third-order valence-electron chi connectivity index (χ3n) is 4.06. The molecule has 4 aromatic rings. The first-order valence-corrected chi connectivity index (χ1v) is 8.80. The van der Waals surface area contributed by atoms with E-state index in [9.17, 15) is 4.79 Å². The van der Waals surface area contributed by atoms with Crippen molar-refractivity contribution in [1.82, 2.24) is 14.5 Å². The van der Waals surface area contributed by atoms with Crippen molar-refractivity contribution in [1.29, 1.82) is 0 Å². The van der Waals surface area contributed by atoms with E-state index in [4.69, 9.17) is 0 Å². The molecule has 0 saturated carbocycles. The minimum Gasteiger partial charge on any atom is -0.346 e. The van der Waals surface area contributed by atoms with Crippen molar-refractivity contribution in [2.75, 3.05) is 0 Å². The van der Waals surface area contributed by atoms with Crippen molar-refractivity contribution in [2.24, 2.45) is 4.99 Å². The third-order valence-corrected chi connectivity index (χ3v) is 5.04. The molecule has 0 atom stereocenters. The molecule has 0 radical (unpaired) electrons. The number of hydrogen-bond donors (Lipinski definition) is 1. The Balaban J connectivity index is 1.75. The smallest absolute Gasteiger partial charge is 0.280 e. The summed E-state index contributed by atoms with van der Waals surface area (Å²) in [6.45, 7) is 2.72. The number of nitrogens with zero attached hydrogens (tertiary/aromatic N) is 3. The van der Waals surface area contributed by atoms with E-state index in [1.54, 1.807) is 18.5 Å². The molecule has 0 saturated heterocycles. The number of benzene rings is 1. The lowest BCUT2D eigenvalue weighted by Gasteiger charge is -2.06. The van der Waals surface area contributed by atoms with Crippen LogP contribution in [0.2, 0.25) is 0 Å². The number of H-pyrrole nitrogens is 1. The Morgan fingerprint density at radius 2 is 2.08 bits per heavy atom. The molecule has 124 valence electrons. The Hall–Kier alpha value is -2.99. The van der Waals surface area contributed by atoms with Crippen LogP contribution in [0.3, 0.4) is 0 Å². The number of aromatic nitrogens is 3. The normalized spacial score (nSPS) is 12.0. The number of rotatable bonds is 3. The number of carbonyl (C=O) groups is 1. The predicted octanol–water partition coefficient (Wildman–Crippen LogP) is 3.52. The van der Waals surface area contributed by atoms with Gasteiger partial charge in [-0.1, -0.05) is 30.3 Å². The van der Waals surface area contributed by atoms with E-state index in [1.807, 2.05) is 36.6 Å². The van der Waals surface area contributed by atoms with Crippen LogP contribution in [0.5, 0.6) is 0 Å². The average Bonchev–Trinajstić information content (AvgIpc) is 3.24. The molecule has 0 aliphatic carbocycles. The summed E-state index contributed by atoms with van der Waals surface area (Å²) < 4.78 is 2.06. The fourth-order valence-electron chi connectivity index (χ4n) is 2.76. The second-order valence-electron chi connectivity index (χ2n) is 5.75. The highest BCUT2D eigenvalue weighted by atomic mass is 32.1. The van der Waals surface area contributed by atoms with Gasteiger partial charge in [0.25, 0.3) is 5.91 Å². The minimum atomic E-state index is -0.254. The van der Waals surface area contributed by atoms with Gasteiger partial charge in [-0.25, -0.2) is 4.98 Å². The van der Waals surface area contributed by atoms with Crippen LogP contribution in [0.25, 0.3) is 11.0 Å². The molecule has 1 N–H and O–H groups in total. The van der Waals surface area contributed by atoms with Crippen LogP contribution in [0.15, 0.2) is 65.2 Å². The maximum Gasteiger partial charge on any atom is 0.280 e. The summed E-state index contributed by atoms with van der Waals surface area (Å²) in [7, 11) is 0. The first-order valence-electron chi connectivity index (χ1n) is 7.92. The standard InChI is InChI=1S/C19H16N4OS/c1-13-12-25-19(23(13)11-14-5-3-2-4-6-14)22-18(24)16-8-10-21-17-15(16)7-9-20-17/h2-10,12H,11H2,1H3,(H,20,21)/b22-19-. The summed E-state index contributed by atoms with van der Waals surface area (Å²) in [5.74, 6) is -0.254. The molecular weight excluding hydrogens is 332 g/mol. The number of hydrogen-bond acceptors (Lipinski definition) is 3. The van der Waals surface area contributed by atoms with Crippen LogP contribution in [-0.4, -0.2) is 20.4 Å². The van der Waals surface area contributed by atoms with Crippen molar-refractivity contribution in [3.05, 3.63) is 81.9 Å². The van der Waals surface area contributed by atoms with Crippen LogP contribution in [0.1, 0.15) is 21.6 Å². The van der Waals surface area contributed by atoms with E-state index < -0.39 is 0 Å². The number of aromatic amines is 1. The Morgan fingerprint density at radius 1 is 1.24 bits per heavy atom. The van der Waals surface area contributed by atoms with E-state index in [1.165, 1.54) is 16.9 Å². The summed E-state index contributed by atoms with van der Waals surface area (Å²) in [4.78, 5) is 25.0. The summed E-state index contributed by atoms with van der Waals surface area (Å²) in [6.07, 6.45) is 3.40. The van der Waals surface area contributed by atoms with Gasteiger partial charge >= 0.3 is 0 Å². The summed E-state index contributed by atoms with van der Waals surface area (Å²) in [6, 6.07) is 13.7. The molecule has 6 heteroatoms. The van der Waals surface area contributed by atoms with E-state index in [-0.39, 0.29) is 5.91 Å². The maximum atomic E-state index is 12.7. The monoisotopic (exact) mass is 348 g/mol. The third kappa shape index (κ3) is 3.04. The Bertz CT molecular complexity index is 1110. The van der Waals surface area contributed by atoms with Gasteiger partial charge in [0, 0.05) is 28.9 Å². The van der Waals surface area contributed by atoms with Gasteiger partial charge in [-0.15, -0.1) is 11.3 Å². The number of aryl methyl sites for hydroxylation is 1. The van der Waals surface area contributed by atoms with Crippen LogP contribution in [-0.2, 0) is 6.54 Å².